The van der Waals surface area contributed by atoms with E-state index >= 15 is 0 Å². The first kappa shape index (κ1) is 19.5. The molecule has 29 heavy (non-hydrogen) atoms. The third kappa shape index (κ3) is 4.15. The Kier molecular flexibility index (Phi) is 5.32. The number of carbonyl (C=O) groups excluding carboxylic acids is 1. The number of aromatic nitrogens is 4. The Morgan fingerprint density at radius 3 is 2.38 bits per heavy atom. The van der Waals surface area contributed by atoms with Crippen LogP contribution in [-0.2, 0) is 6.54 Å². The van der Waals surface area contributed by atoms with Gasteiger partial charge in [-0.05, 0) is 37.0 Å². The molecule has 0 spiro atoms. The van der Waals surface area contributed by atoms with E-state index in [1.165, 1.54) is 11.1 Å². The number of amides is 1. The summed E-state index contributed by atoms with van der Waals surface area (Å²) in [7, 11) is 0. The second-order valence-corrected chi connectivity index (χ2v) is 8.15. The van der Waals surface area contributed by atoms with Crippen molar-refractivity contribution in [3.05, 3.63) is 58.7 Å². The van der Waals surface area contributed by atoms with Gasteiger partial charge in [0.25, 0.3) is 11.7 Å². The molecule has 0 aliphatic carbocycles. The van der Waals surface area contributed by atoms with Crippen LogP contribution in [0.3, 0.4) is 0 Å². The van der Waals surface area contributed by atoms with E-state index in [0.29, 0.717) is 24.8 Å². The van der Waals surface area contributed by atoms with Crippen molar-refractivity contribution in [1.82, 2.24) is 29.4 Å². The fourth-order valence-corrected chi connectivity index (χ4v) is 3.77. The summed E-state index contributed by atoms with van der Waals surface area (Å²) in [6, 6.07) is 10.8. The number of aryl methyl sites for hydroxylation is 2. The van der Waals surface area contributed by atoms with Crippen LogP contribution in [0.5, 0.6) is 0 Å². The lowest BCUT2D eigenvalue weighted by atomic mass is 10.0. The molecule has 0 atom stereocenters. The zero-order chi connectivity index (χ0) is 20.5. The van der Waals surface area contributed by atoms with Gasteiger partial charge in [-0.15, -0.1) is 5.10 Å². The highest BCUT2D eigenvalue weighted by molar-refractivity contribution is 5.91. The molecular weight excluding hydrogens is 364 g/mol. The Morgan fingerprint density at radius 2 is 1.72 bits per heavy atom. The molecule has 4 rings (SSSR count). The van der Waals surface area contributed by atoms with Gasteiger partial charge in [0, 0.05) is 44.1 Å². The third-order valence-electron chi connectivity index (χ3n) is 5.52. The summed E-state index contributed by atoms with van der Waals surface area (Å²) in [6.45, 7) is 12.3. The fourth-order valence-electron chi connectivity index (χ4n) is 3.77. The summed E-state index contributed by atoms with van der Waals surface area (Å²) in [5.74, 6) is 1.14. The molecule has 1 amide bonds. The van der Waals surface area contributed by atoms with Crippen molar-refractivity contribution in [2.75, 3.05) is 26.2 Å². The normalized spacial score (nSPS) is 15.4. The minimum atomic E-state index is -0.117. The predicted molar refractivity (Wildman–Crippen MR) is 112 cm³/mol. The van der Waals surface area contributed by atoms with Gasteiger partial charge in [-0.1, -0.05) is 38.1 Å². The van der Waals surface area contributed by atoms with Crippen LogP contribution in [0.2, 0.25) is 0 Å². The monoisotopic (exact) mass is 392 g/mol. The van der Waals surface area contributed by atoms with Crippen LogP contribution in [-0.4, -0.2) is 61.5 Å². The topological polar surface area (TPSA) is 66.6 Å². The highest BCUT2D eigenvalue weighted by Crippen LogP contribution is 2.17. The molecule has 7 nitrogen and oxygen atoms in total. The maximum Gasteiger partial charge on any atom is 0.293 e. The molecule has 1 saturated heterocycles. The van der Waals surface area contributed by atoms with Crippen molar-refractivity contribution in [3.63, 3.8) is 0 Å². The van der Waals surface area contributed by atoms with Crippen molar-refractivity contribution in [2.24, 2.45) is 0 Å². The molecule has 1 fully saturated rings. The average molecular weight is 393 g/mol. The molecule has 1 aromatic carbocycles. The van der Waals surface area contributed by atoms with E-state index in [4.69, 9.17) is 0 Å². The van der Waals surface area contributed by atoms with Gasteiger partial charge < -0.3 is 4.90 Å². The second-order valence-electron chi connectivity index (χ2n) is 8.15. The molecule has 3 heterocycles. The molecule has 0 saturated carbocycles. The van der Waals surface area contributed by atoms with Gasteiger partial charge in [-0.25, -0.2) is 9.50 Å². The van der Waals surface area contributed by atoms with Gasteiger partial charge in [-0.3, -0.25) is 9.69 Å². The van der Waals surface area contributed by atoms with Crippen molar-refractivity contribution < 1.29 is 4.79 Å². The van der Waals surface area contributed by atoms with E-state index < -0.39 is 0 Å². The van der Waals surface area contributed by atoms with Crippen LogP contribution in [0, 0.1) is 13.8 Å². The third-order valence-corrected chi connectivity index (χ3v) is 5.52. The molecular formula is C22H28N6O. The number of hydrogen-bond acceptors (Lipinski definition) is 5. The number of rotatable bonds is 4. The zero-order valence-corrected chi connectivity index (χ0v) is 17.6. The number of hydrogen-bond donors (Lipinski definition) is 0. The van der Waals surface area contributed by atoms with Crippen LogP contribution < -0.4 is 0 Å². The smallest absolute Gasteiger partial charge is 0.293 e. The van der Waals surface area contributed by atoms with Crippen LogP contribution in [0.15, 0.2) is 30.3 Å². The first-order valence-corrected chi connectivity index (χ1v) is 10.2. The van der Waals surface area contributed by atoms with Gasteiger partial charge in [0.15, 0.2) is 0 Å². The van der Waals surface area contributed by atoms with E-state index in [2.05, 4.69) is 58.1 Å². The van der Waals surface area contributed by atoms with Gasteiger partial charge in [0.1, 0.15) is 0 Å². The Morgan fingerprint density at radius 1 is 1.03 bits per heavy atom. The summed E-state index contributed by atoms with van der Waals surface area (Å²) in [4.78, 5) is 25.8. The Hall–Kier alpha value is -2.80. The van der Waals surface area contributed by atoms with Gasteiger partial charge >= 0.3 is 0 Å². The molecule has 7 heteroatoms. The molecule has 0 N–H and O–H groups in total. The number of carbonyl (C=O) groups is 1. The molecule has 1 aliphatic heterocycles. The average Bonchev–Trinajstić information content (AvgIpc) is 3.13. The lowest BCUT2D eigenvalue weighted by Crippen LogP contribution is -2.48. The molecule has 0 unspecified atom stereocenters. The summed E-state index contributed by atoms with van der Waals surface area (Å²) in [5, 5.41) is 4.38. The number of fused-ring (bicyclic) bond motifs is 1. The summed E-state index contributed by atoms with van der Waals surface area (Å²) < 4.78 is 1.64. The van der Waals surface area contributed by atoms with Crippen LogP contribution in [0.1, 0.15) is 52.9 Å². The van der Waals surface area contributed by atoms with Gasteiger partial charge in [0.2, 0.25) is 5.82 Å². The Labute approximate surface area is 171 Å². The number of piperazine rings is 1. The van der Waals surface area contributed by atoms with Crippen molar-refractivity contribution in [3.8, 4) is 0 Å². The first-order chi connectivity index (χ1) is 13.9. The van der Waals surface area contributed by atoms with Crippen LogP contribution in [0.4, 0.5) is 0 Å². The highest BCUT2D eigenvalue weighted by atomic mass is 16.2. The minimum absolute atomic E-state index is 0.117. The molecule has 2 aromatic heterocycles. The minimum Gasteiger partial charge on any atom is -0.333 e. The van der Waals surface area contributed by atoms with Crippen molar-refractivity contribution in [1.29, 1.82) is 0 Å². The maximum absolute atomic E-state index is 12.9. The second kappa shape index (κ2) is 7.91. The molecule has 0 bridgehead atoms. The summed E-state index contributed by atoms with van der Waals surface area (Å²) >= 11 is 0. The number of benzene rings is 1. The van der Waals surface area contributed by atoms with E-state index in [0.717, 1.165) is 31.0 Å². The molecule has 152 valence electrons. The van der Waals surface area contributed by atoms with Gasteiger partial charge in [0.05, 0.1) is 0 Å². The molecule has 3 aromatic rings. The van der Waals surface area contributed by atoms with Crippen molar-refractivity contribution in [2.45, 2.75) is 40.2 Å². The quantitative estimate of drug-likeness (QED) is 0.683. The standard InChI is InChI=1S/C22H28N6O/c1-15(2)19-7-5-18(6-8-19)14-26-9-11-27(12-10-26)21(29)20-24-22-23-16(3)13-17(4)28(22)25-20/h5-8,13,15H,9-12,14H2,1-4H3. The lowest BCUT2D eigenvalue weighted by molar-refractivity contribution is 0.0617. The van der Waals surface area contributed by atoms with Gasteiger partial charge in [-0.2, -0.15) is 4.98 Å². The van der Waals surface area contributed by atoms with E-state index in [1.807, 2.05) is 24.8 Å². The molecule has 1 aliphatic rings. The fraction of sp³-hybridized carbons (Fsp3) is 0.455. The summed E-state index contributed by atoms with van der Waals surface area (Å²) in [5.41, 5.74) is 4.47. The van der Waals surface area contributed by atoms with Crippen LogP contribution >= 0.6 is 0 Å². The first-order valence-electron chi connectivity index (χ1n) is 10.2. The Balaban J connectivity index is 1.38. The highest BCUT2D eigenvalue weighted by Gasteiger charge is 2.25. The predicted octanol–water partition coefficient (Wildman–Crippen LogP) is 2.82. The van der Waals surface area contributed by atoms with E-state index in [-0.39, 0.29) is 11.7 Å². The van der Waals surface area contributed by atoms with E-state index in [1.54, 1.807) is 4.52 Å². The zero-order valence-electron chi connectivity index (χ0n) is 17.6. The Bertz CT molecular complexity index is 1020. The lowest BCUT2D eigenvalue weighted by Gasteiger charge is -2.34. The van der Waals surface area contributed by atoms with E-state index in [9.17, 15) is 4.79 Å². The van der Waals surface area contributed by atoms with Crippen LogP contribution in [0.25, 0.3) is 5.78 Å². The SMILES string of the molecule is Cc1cc(C)n2nc(C(=O)N3CCN(Cc4ccc(C(C)C)cc4)CC3)nc2n1. The summed E-state index contributed by atoms with van der Waals surface area (Å²) in [6.07, 6.45) is 0. The number of nitrogens with zero attached hydrogens (tertiary/aromatic N) is 6. The van der Waals surface area contributed by atoms with Crippen molar-refractivity contribution >= 4 is 11.7 Å². The maximum atomic E-state index is 12.9. The largest absolute Gasteiger partial charge is 0.333 e. The molecule has 0 radical (unpaired) electrons.